The first kappa shape index (κ1) is 15.8. The quantitative estimate of drug-likeness (QED) is 0.618. The van der Waals surface area contributed by atoms with Crippen LogP contribution in [0.15, 0.2) is 18.3 Å². The van der Waals surface area contributed by atoms with Gasteiger partial charge < -0.3 is 9.80 Å². The van der Waals surface area contributed by atoms with E-state index in [1.165, 1.54) is 11.1 Å². The van der Waals surface area contributed by atoms with Gasteiger partial charge in [0.2, 0.25) is 11.6 Å². The minimum Gasteiger partial charge on any atom is -0.363 e. The molecule has 0 bridgehead atoms. The maximum absolute atomic E-state index is 13.8. The van der Waals surface area contributed by atoms with E-state index in [0.717, 1.165) is 0 Å². The number of aromatic nitrogens is 2. The molecule has 0 atom stereocenters. The molecule has 0 radical (unpaired) electrons. The molecule has 1 aliphatic rings. The highest BCUT2D eigenvalue weighted by molar-refractivity contribution is 6.30. The van der Waals surface area contributed by atoms with Gasteiger partial charge in [0.1, 0.15) is 11.5 Å². The number of piperazine rings is 1. The number of rotatable bonds is 2. The lowest BCUT2D eigenvalue weighted by atomic mass is 10.2. The molecule has 2 aromatic rings. The van der Waals surface area contributed by atoms with Crippen LogP contribution in [-0.2, 0) is 0 Å². The highest BCUT2D eigenvalue weighted by Gasteiger charge is 2.28. The van der Waals surface area contributed by atoms with Gasteiger partial charge in [-0.3, -0.25) is 0 Å². The van der Waals surface area contributed by atoms with Crippen LogP contribution < -0.4 is 9.80 Å². The first-order valence-corrected chi connectivity index (χ1v) is 7.16. The molecular formula is C14H11ClF4N4. The highest BCUT2D eigenvalue weighted by Crippen LogP contribution is 2.27. The third-order valence-corrected chi connectivity index (χ3v) is 3.83. The second-order valence-electron chi connectivity index (χ2n) is 4.98. The van der Waals surface area contributed by atoms with Crippen molar-refractivity contribution in [3.63, 3.8) is 0 Å². The van der Waals surface area contributed by atoms with E-state index in [2.05, 4.69) is 9.97 Å². The Labute approximate surface area is 134 Å². The summed E-state index contributed by atoms with van der Waals surface area (Å²) in [6, 6.07) is 3.41. The molecular weight excluding hydrogens is 336 g/mol. The van der Waals surface area contributed by atoms with Crippen molar-refractivity contribution < 1.29 is 17.6 Å². The summed E-state index contributed by atoms with van der Waals surface area (Å²) in [7, 11) is 0. The lowest BCUT2D eigenvalue weighted by Crippen LogP contribution is -2.47. The van der Waals surface area contributed by atoms with Crippen molar-refractivity contribution >= 4 is 23.1 Å². The second kappa shape index (κ2) is 6.19. The molecule has 0 saturated carbocycles. The molecule has 0 spiro atoms. The van der Waals surface area contributed by atoms with Crippen LogP contribution in [0.4, 0.5) is 29.1 Å². The van der Waals surface area contributed by atoms with Gasteiger partial charge in [0, 0.05) is 32.4 Å². The topological polar surface area (TPSA) is 32.3 Å². The summed E-state index contributed by atoms with van der Waals surface area (Å²) in [5, 5.41) is 0.499. The largest absolute Gasteiger partial charge is 0.363 e. The first-order valence-electron chi connectivity index (χ1n) is 6.79. The maximum Gasteiger partial charge on any atom is 0.253 e. The van der Waals surface area contributed by atoms with Gasteiger partial charge in [-0.2, -0.15) is 22.5 Å². The van der Waals surface area contributed by atoms with Crippen LogP contribution in [-0.4, -0.2) is 36.1 Å². The zero-order valence-electron chi connectivity index (χ0n) is 11.7. The Morgan fingerprint density at radius 2 is 1.43 bits per heavy atom. The van der Waals surface area contributed by atoms with E-state index in [0.29, 0.717) is 23.9 Å². The molecule has 4 nitrogen and oxygen atoms in total. The molecule has 23 heavy (non-hydrogen) atoms. The van der Waals surface area contributed by atoms with Crippen LogP contribution in [0.5, 0.6) is 0 Å². The number of anilines is 2. The minimum absolute atomic E-state index is 0.182. The predicted molar refractivity (Wildman–Crippen MR) is 77.7 cm³/mol. The molecule has 0 unspecified atom stereocenters. The van der Waals surface area contributed by atoms with Crippen LogP contribution in [0, 0.1) is 23.5 Å². The molecule has 0 aliphatic carbocycles. The normalized spacial score (nSPS) is 15.2. The Hall–Kier alpha value is -2.09. The molecule has 1 fully saturated rings. The van der Waals surface area contributed by atoms with Gasteiger partial charge in [0.25, 0.3) is 11.9 Å². The van der Waals surface area contributed by atoms with Gasteiger partial charge in [-0.05, 0) is 12.1 Å². The SMILES string of the molecule is Fc1nc(F)c(F)c(N2CCN(c3ccc(Cl)cn3)CC2)c1F. The Balaban J connectivity index is 1.78. The standard InChI is InChI=1S/C14H11ClF4N4/c15-8-1-2-9(20-7-8)22-3-5-23(6-4-22)12-10(16)13(18)21-14(19)11(12)17/h1-2,7H,3-6H2. The van der Waals surface area contributed by atoms with Crippen LogP contribution >= 0.6 is 11.6 Å². The molecule has 0 N–H and O–H groups in total. The Bertz CT molecular complexity index is 691. The van der Waals surface area contributed by atoms with Crippen molar-refractivity contribution in [2.75, 3.05) is 36.0 Å². The zero-order valence-corrected chi connectivity index (χ0v) is 12.5. The van der Waals surface area contributed by atoms with Gasteiger partial charge >= 0.3 is 0 Å². The summed E-state index contributed by atoms with van der Waals surface area (Å²) in [6.45, 7) is 1.14. The minimum atomic E-state index is -1.65. The van der Waals surface area contributed by atoms with Gasteiger partial charge in [0.05, 0.1) is 5.02 Å². The van der Waals surface area contributed by atoms with E-state index in [1.54, 1.807) is 12.1 Å². The van der Waals surface area contributed by atoms with Gasteiger partial charge in [-0.15, -0.1) is 0 Å². The van der Waals surface area contributed by atoms with Crippen LogP contribution in [0.3, 0.4) is 0 Å². The fourth-order valence-electron chi connectivity index (χ4n) is 2.47. The summed E-state index contributed by atoms with van der Waals surface area (Å²) >= 11 is 5.77. The van der Waals surface area contributed by atoms with Crippen molar-refractivity contribution in [3.8, 4) is 0 Å². The number of hydrogen-bond donors (Lipinski definition) is 0. The van der Waals surface area contributed by atoms with Crippen molar-refractivity contribution in [1.82, 2.24) is 9.97 Å². The average Bonchev–Trinajstić information content (AvgIpc) is 2.55. The summed E-state index contributed by atoms with van der Waals surface area (Å²) < 4.78 is 53.9. The van der Waals surface area contributed by atoms with Gasteiger partial charge in [0.15, 0.2) is 0 Å². The third-order valence-electron chi connectivity index (χ3n) is 3.61. The number of hydrogen-bond acceptors (Lipinski definition) is 4. The Kier molecular flexibility index (Phi) is 4.25. The number of halogens is 5. The monoisotopic (exact) mass is 346 g/mol. The van der Waals surface area contributed by atoms with Crippen LogP contribution in [0.2, 0.25) is 5.02 Å². The molecule has 1 aliphatic heterocycles. The summed E-state index contributed by atoms with van der Waals surface area (Å²) in [6.07, 6.45) is 1.50. The first-order chi connectivity index (χ1) is 11.0. The number of pyridine rings is 2. The van der Waals surface area contributed by atoms with Gasteiger partial charge in [-0.1, -0.05) is 11.6 Å². The predicted octanol–water partition coefficient (Wildman–Crippen LogP) is 3.01. The molecule has 2 aromatic heterocycles. The second-order valence-corrected chi connectivity index (χ2v) is 5.42. The average molecular weight is 347 g/mol. The molecule has 122 valence electrons. The van der Waals surface area contributed by atoms with Crippen LogP contribution in [0.25, 0.3) is 0 Å². The third kappa shape index (κ3) is 3.03. The maximum atomic E-state index is 13.8. The van der Waals surface area contributed by atoms with Crippen molar-refractivity contribution in [1.29, 1.82) is 0 Å². The van der Waals surface area contributed by atoms with Crippen molar-refractivity contribution in [2.24, 2.45) is 0 Å². The van der Waals surface area contributed by atoms with E-state index >= 15 is 0 Å². The smallest absolute Gasteiger partial charge is 0.253 e. The van der Waals surface area contributed by atoms with E-state index in [-0.39, 0.29) is 13.1 Å². The summed E-state index contributed by atoms with van der Waals surface area (Å²) in [5.41, 5.74) is -0.723. The summed E-state index contributed by atoms with van der Waals surface area (Å²) in [5.74, 6) is -5.60. The van der Waals surface area contributed by atoms with E-state index in [1.807, 2.05) is 4.90 Å². The molecule has 1 saturated heterocycles. The summed E-state index contributed by atoms with van der Waals surface area (Å²) in [4.78, 5) is 9.86. The fraction of sp³-hybridized carbons (Fsp3) is 0.286. The van der Waals surface area contributed by atoms with E-state index < -0.39 is 29.2 Å². The van der Waals surface area contributed by atoms with Crippen molar-refractivity contribution in [3.05, 3.63) is 46.9 Å². The van der Waals surface area contributed by atoms with Gasteiger partial charge in [-0.25, -0.2) is 4.98 Å². The number of nitrogens with zero attached hydrogens (tertiary/aromatic N) is 4. The molecule has 0 aromatic carbocycles. The lowest BCUT2D eigenvalue weighted by molar-refractivity contribution is 0.404. The highest BCUT2D eigenvalue weighted by atomic mass is 35.5. The molecule has 3 heterocycles. The molecule has 3 rings (SSSR count). The van der Waals surface area contributed by atoms with Crippen LogP contribution in [0.1, 0.15) is 0 Å². The van der Waals surface area contributed by atoms with E-state index in [9.17, 15) is 17.6 Å². The zero-order chi connectivity index (χ0) is 16.6. The molecule has 0 amide bonds. The van der Waals surface area contributed by atoms with E-state index in [4.69, 9.17) is 11.6 Å². The fourth-order valence-corrected chi connectivity index (χ4v) is 2.58. The molecule has 9 heteroatoms. The lowest BCUT2D eigenvalue weighted by Gasteiger charge is -2.36. The Morgan fingerprint density at radius 1 is 0.870 bits per heavy atom. The van der Waals surface area contributed by atoms with Crippen molar-refractivity contribution in [2.45, 2.75) is 0 Å². The Morgan fingerprint density at radius 3 is 1.96 bits per heavy atom.